The molecule has 11 heteroatoms. The number of pyridine rings is 1. The van der Waals surface area contributed by atoms with Crippen molar-refractivity contribution in [2.24, 2.45) is 5.84 Å². The Balaban J connectivity index is 2.61. The Bertz CT molecular complexity index is 664. The molecule has 1 amide bonds. The molecule has 0 bridgehead atoms. The van der Waals surface area contributed by atoms with Crippen LogP contribution in [0.2, 0.25) is 10.0 Å². The first-order chi connectivity index (χ1) is 10.1. The van der Waals surface area contributed by atoms with E-state index < -0.39 is 29.0 Å². The highest BCUT2D eigenvalue weighted by atomic mass is 35.5. The number of nitrogens with two attached hydrogens (primary N) is 1. The van der Waals surface area contributed by atoms with E-state index in [0.29, 0.717) is 5.01 Å². The van der Waals surface area contributed by atoms with Crippen molar-refractivity contribution in [1.82, 2.24) is 14.9 Å². The molecule has 1 aliphatic heterocycles. The molecule has 1 unspecified atom stereocenters. The molecular formula is C11H8Cl3F3N4O. The highest BCUT2D eigenvalue weighted by molar-refractivity contribution is 6.42. The van der Waals surface area contributed by atoms with Gasteiger partial charge in [0.2, 0.25) is 0 Å². The van der Waals surface area contributed by atoms with Crippen LogP contribution in [0.4, 0.5) is 13.2 Å². The fourth-order valence-electron chi connectivity index (χ4n) is 1.99. The van der Waals surface area contributed by atoms with E-state index in [0.717, 1.165) is 4.90 Å². The van der Waals surface area contributed by atoms with Gasteiger partial charge in [-0.1, -0.05) is 34.8 Å². The smallest absolute Gasteiger partial charge is 0.314 e. The van der Waals surface area contributed by atoms with Gasteiger partial charge in [0, 0.05) is 13.2 Å². The van der Waals surface area contributed by atoms with Crippen LogP contribution in [0.1, 0.15) is 11.9 Å². The van der Waals surface area contributed by atoms with E-state index in [9.17, 15) is 18.0 Å². The minimum Gasteiger partial charge on any atom is -0.314 e. The molecule has 0 fully saturated rings. The Morgan fingerprint density at radius 1 is 1.32 bits per heavy atom. The number of alkyl halides is 3. The largest absolute Gasteiger partial charge is 0.434 e. The second-order valence-corrected chi connectivity index (χ2v) is 5.60. The summed E-state index contributed by atoms with van der Waals surface area (Å²) in [6.45, 7) is 0. The summed E-state index contributed by atoms with van der Waals surface area (Å²) < 4.78 is 39.3. The van der Waals surface area contributed by atoms with Gasteiger partial charge in [0.1, 0.15) is 10.7 Å². The summed E-state index contributed by atoms with van der Waals surface area (Å²) in [4.78, 5) is 16.7. The van der Waals surface area contributed by atoms with Crippen LogP contribution >= 0.6 is 34.8 Å². The van der Waals surface area contributed by atoms with Crippen molar-refractivity contribution in [3.8, 4) is 0 Å². The molecule has 0 aromatic carbocycles. The molecule has 1 aromatic rings. The highest BCUT2D eigenvalue weighted by Gasteiger charge is 2.49. The molecule has 0 spiro atoms. The van der Waals surface area contributed by atoms with Gasteiger partial charge >= 0.3 is 6.18 Å². The number of halogens is 6. The molecule has 0 saturated carbocycles. The van der Waals surface area contributed by atoms with Crippen molar-refractivity contribution in [2.45, 2.75) is 12.3 Å². The van der Waals surface area contributed by atoms with Crippen molar-refractivity contribution in [1.29, 1.82) is 0 Å². The number of hydrazine groups is 1. The molecule has 1 atom stereocenters. The topological polar surface area (TPSA) is 62.5 Å². The maximum atomic E-state index is 13.1. The minimum atomic E-state index is -4.92. The number of rotatable bonds is 1. The number of nitrogens with zero attached hydrogens (tertiary/aromatic N) is 3. The molecule has 0 saturated heterocycles. The number of amides is 1. The maximum absolute atomic E-state index is 13.1. The molecule has 22 heavy (non-hydrogen) atoms. The molecule has 2 heterocycles. The van der Waals surface area contributed by atoms with E-state index in [-0.39, 0.29) is 15.7 Å². The van der Waals surface area contributed by atoms with E-state index >= 15 is 0 Å². The van der Waals surface area contributed by atoms with Gasteiger partial charge in [-0.05, 0) is 6.07 Å². The first kappa shape index (κ1) is 17.1. The van der Waals surface area contributed by atoms with Gasteiger partial charge in [0.25, 0.3) is 5.91 Å². The van der Waals surface area contributed by atoms with Crippen LogP contribution < -0.4 is 5.84 Å². The number of carbonyl (C=O) groups is 1. The number of likely N-dealkylation sites (N-methyl/N-ethyl adjacent to an activating group) is 1. The SMILES string of the molecule is CN1C(=O)C(Cl)=C(C(F)(F)F)N(N)C1c1ncc(Cl)cc1Cl. The molecule has 1 aliphatic rings. The van der Waals surface area contributed by atoms with Crippen molar-refractivity contribution in [3.63, 3.8) is 0 Å². The van der Waals surface area contributed by atoms with Crippen LogP contribution in [0, 0.1) is 0 Å². The van der Waals surface area contributed by atoms with Crippen LogP contribution in [0.25, 0.3) is 0 Å². The lowest BCUT2D eigenvalue weighted by molar-refractivity contribution is -0.148. The molecule has 0 aliphatic carbocycles. The van der Waals surface area contributed by atoms with E-state index in [1.807, 2.05) is 0 Å². The molecule has 2 rings (SSSR count). The normalized spacial score (nSPS) is 20.0. The minimum absolute atomic E-state index is 0.0350. The lowest BCUT2D eigenvalue weighted by Crippen LogP contribution is -2.53. The summed E-state index contributed by atoms with van der Waals surface area (Å²) in [5, 5.41) is -0.566. The third-order valence-corrected chi connectivity index (χ3v) is 3.80. The maximum Gasteiger partial charge on any atom is 0.434 e. The quantitative estimate of drug-likeness (QED) is 0.767. The van der Waals surface area contributed by atoms with E-state index in [1.165, 1.54) is 19.3 Å². The summed E-state index contributed by atoms with van der Waals surface area (Å²) in [5.41, 5.74) is -1.52. The lowest BCUT2D eigenvalue weighted by atomic mass is 10.1. The molecule has 5 nitrogen and oxygen atoms in total. The van der Waals surface area contributed by atoms with Crippen LogP contribution in [0.3, 0.4) is 0 Å². The molecular weight excluding hydrogens is 368 g/mol. The number of allylic oxidation sites excluding steroid dienone is 1. The monoisotopic (exact) mass is 374 g/mol. The molecule has 0 radical (unpaired) electrons. The molecule has 1 aromatic heterocycles. The van der Waals surface area contributed by atoms with Gasteiger partial charge in [-0.3, -0.25) is 14.8 Å². The van der Waals surface area contributed by atoms with E-state index in [4.69, 9.17) is 40.6 Å². The molecule has 2 N–H and O–H groups in total. The standard InChI is InChI=1S/C11H8Cl3F3N4O/c1-20-9(7-5(13)2-4(12)3-19-7)21(18)8(11(15,16)17)6(14)10(20)22/h2-3,9H,18H2,1H3. The van der Waals surface area contributed by atoms with Gasteiger partial charge in [0.05, 0.1) is 10.0 Å². The zero-order valence-electron chi connectivity index (χ0n) is 10.8. The number of aromatic nitrogens is 1. The van der Waals surface area contributed by atoms with Gasteiger partial charge in [-0.15, -0.1) is 0 Å². The van der Waals surface area contributed by atoms with E-state index in [1.54, 1.807) is 0 Å². The summed E-state index contributed by atoms with van der Waals surface area (Å²) in [6, 6.07) is 1.28. The first-order valence-corrected chi connectivity index (χ1v) is 6.78. The fraction of sp³-hybridized carbons (Fsp3) is 0.273. The van der Waals surface area contributed by atoms with Gasteiger partial charge in [0.15, 0.2) is 11.9 Å². The van der Waals surface area contributed by atoms with Gasteiger partial charge in [-0.2, -0.15) is 13.2 Å². The average Bonchev–Trinajstić information content (AvgIpc) is 2.37. The Hall–Kier alpha value is -1.22. The zero-order valence-corrected chi connectivity index (χ0v) is 13.1. The third-order valence-electron chi connectivity index (χ3n) is 2.95. The van der Waals surface area contributed by atoms with Crippen molar-refractivity contribution in [3.05, 3.63) is 38.7 Å². The van der Waals surface area contributed by atoms with Crippen LogP contribution in [0.5, 0.6) is 0 Å². The summed E-state index contributed by atoms with van der Waals surface area (Å²) in [6.07, 6.45) is -5.11. The lowest BCUT2D eigenvalue weighted by Gasteiger charge is -2.41. The predicted octanol–water partition coefficient (Wildman–Crippen LogP) is 3.05. The first-order valence-electron chi connectivity index (χ1n) is 5.64. The second kappa shape index (κ2) is 5.77. The van der Waals surface area contributed by atoms with Crippen molar-refractivity contribution in [2.75, 3.05) is 7.05 Å². The summed E-state index contributed by atoms with van der Waals surface area (Å²) in [5.74, 6) is 4.49. The van der Waals surface area contributed by atoms with Crippen molar-refractivity contribution < 1.29 is 18.0 Å². The Morgan fingerprint density at radius 2 is 1.91 bits per heavy atom. The summed E-state index contributed by atoms with van der Waals surface area (Å²) in [7, 11) is 1.23. The van der Waals surface area contributed by atoms with Crippen LogP contribution in [-0.2, 0) is 4.79 Å². The average molecular weight is 376 g/mol. The summed E-state index contributed by atoms with van der Waals surface area (Å²) >= 11 is 17.1. The van der Waals surface area contributed by atoms with Gasteiger partial charge in [-0.25, -0.2) is 5.84 Å². The van der Waals surface area contributed by atoms with Crippen LogP contribution in [0.15, 0.2) is 23.0 Å². The number of hydrogen-bond donors (Lipinski definition) is 1. The Labute approximate surface area is 138 Å². The fourth-order valence-corrected chi connectivity index (χ4v) is 2.81. The van der Waals surface area contributed by atoms with Crippen LogP contribution in [-0.4, -0.2) is 34.0 Å². The number of hydrogen-bond acceptors (Lipinski definition) is 4. The highest BCUT2D eigenvalue weighted by Crippen LogP contribution is 2.41. The van der Waals surface area contributed by atoms with E-state index in [2.05, 4.69) is 4.98 Å². The predicted molar refractivity (Wildman–Crippen MR) is 74.7 cm³/mol. The third kappa shape index (κ3) is 2.83. The molecule has 120 valence electrons. The number of carbonyl (C=O) groups excluding carboxylic acids is 1. The second-order valence-electron chi connectivity index (χ2n) is 4.38. The Kier molecular flexibility index (Phi) is 4.49. The van der Waals surface area contributed by atoms with Gasteiger partial charge < -0.3 is 4.90 Å². The van der Waals surface area contributed by atoms with Crippen molar-refractivity contribution >= 4 is 40.7 Å². The Morgan fingerprint density at radius 3 is 2.41 bits per heavy atom. The zero-order chi connectivity index (χ0) is 16.8.